The van der Waals surface area contributed by atoms with Crippen molar-refractivity contribution in [2.75, 3.05) is 4.90 Å². The highest BCUT2D eigenvalue weighted by molar-refractivity contribution is 6.88. The molecule has 0 radical (unpaired) electrons. The number of nitrogens with zero attached hydrogens (tertiary/aromatic N) is 6. The number of rotatable bonds is 8. The van der Waals surface area contributed by atoms with Crippen molar-refractivity contribution in [3.8, 4) is 45.0 Å². The molecular formula is C137H105F3N6Si. The second-order valence-corrected chi connectivity index (χ2v) is 49.8. The predicted octanol–water partition coefficient (Wildman–Crippen LogP) is 37.7. The zero-order valence-corrected chi connectivity index (χ0v) is 85.7. The van der Waals surface area contributed by atoms with Crippen LogP contribution < -0.4 is 10.1 Å². The van der Waals surface area contributed by atoms with E-state index in [9.17, 15) is 13.2 Å². The summed E-state index contributed by atoms with van der Waals surface area (Å²) in [6.07, 6.45) is -2.70. The Balaban J connectivity index is 0.000000107. The van der Waals surface area contributed by atoms with E-state index in [-0.39, 0.29) is 16.2 Å². The molecule has 0 unspecified atom stereocenters. The van der Waals surface area contributed by atoms with E-state index in [2.05, 4.69) is 454 Å². The highest BCUT2D eigenvalue weighted by Gasteiger charge is 2.41. The number of halogens is 3. The Morgan fingerprint density at radius 3 is 1.27 bits per heavy atom. The highest BCUT2D eigenvalue weighted by atomic mass is 28.3. The minimum absolute atomic E-state index is 0.0201. The maximum atomic E-state index is 13.8. The van der Waals surface area contributed by atoms with Crippen LogP contribution in [0.4, 0.5) is 30.2 Å². The van der Waals surface area contributed by atoms with Gasteiger partial charge in [0.25, 0.3) is 0 Å². The van der Waals surface area contributed by atoms with E-state index in [1.54, 1.807) is 12.3 Å². The molecule has 10 heteroatoms. The van der Waals surface area contributed by atoms with Crippen LogP contribution in [0.1, 0.15) is 104 Å². The van der Waals surface area contributed by atoms with Gasteiger partial charge in [0.2, 0.25) is 0 Å². The van der Waals surface area contributed by atoms with Crippen LogP contribution in [0.5, 0.6) is 0 Å². The Morgan fingerprint density at radius 1 is 0.265 bits per heavy atom. The molecule has 2 aliphatic rings. The van der Waals surface area contributed by atoms with Crippen LogP contribution in [0.25, 0.3) is 229 Å². The van der Waals surface area contributed by atoms with Crippen molar-refractivity contribution in [1.82, 2.24) is 23.3 Å². The van der Waals surface area contributed by atoms with Crippen molar-refractivity contribution in [2.45, 2.75) is 118 Å². The molecule has 30 rings (SSSR count). The molecule has 0 saturated heterocycles. The standard InChI is InChI=1S/C52H42N2Si.C43H37N.C42H26F3N3/c1-52(2)44-32-38(53(35-15-8-6-9-16-35)36-17-10-7-11-18-36)25-28-40(44)50-42-26-24-34-30-47-51(43-27-23-33(29-45(50)52)48(42)49(34)43)41-21-12-13-22-46(41)54(47)37-19-14-20-39(31-37)55(3,4)5;1-24-18-25(2)20-29(19-24)44-36-23-28(42(3,4)5)14-17-31(36)41-33-16-12-26-21-35-40(30-10-8-9-11-34(30)43(35,6)7)32-15-13-27(22-37(41)44)39(33)38(26)32;1-23-6-3-8-28(18-23)47-33-16-11-24(2)19-32(33)39-30-14-12-26-21-36-40(31-15-13-25(20-35(39)47)37(30)38(26)31)41-34(10-5-17-46-41)48(36)29-9-4-7-27(22-29)42(43,44)45/h6-32H,1-5H3;8-23H,1-7H3;3-22H,1-2H3. The lowest BCUT2D eigenvalue weighted by molar-refractivity contribution is -0.137. The number of hydrogen-bond acceptors (Lipinski definition) is 2. The molecule has 6 nitrogen and oxygen atoms in total. The first-order valence-electron chi connectivity index (χ1n) is 51.4. The maximum Gasteiger partial charge on any atom is 0.416 e. The molecule has 23 aromatic carbocycles. The molecule has 708 valence electrons. The van der Waals surface area contributed by atoms with E-state index in [0.29, 0.717) is 5.69 Å². The minimum Gasteiger partial charge on any atom is -0.310 e. The molecule has 0 aliphatic heterocycles. The molecule has 0 spiro atoms. The first-order valence-corrected chi connectivity index (χ1v) is 54.9. The lowest BCUT2D eigenvalue weighted by Gasteiger charge is -2.28. The van der Waals surface area contributed by atoms with Gasteiger partial charge in [-0.05, 0) is 361 Å². The Bertz CT molecular complexity index is 10500. The number of aryl methyl sites for hydroxylation is 4. The normalized spacial score (nSPS) is 13.6. The van der Waals surface area contributed by atoms with Gasteiger partial charge in [0.05, 0.1) is 63.3 Å². The summed E-state index contributed by atoms with van der Waals surface area (Å²) in [4.78, 5) is 7.18. The van der Waals surface area contributed by atoms with Crippen molar-refractivity contribution in [3.05, 3.63) is 438 Å². The average molecular weight is 1920 g/mol. The number of hydrogen-bond donors (Lipinski definition) is 0. The fraction of sp³-hybridized carbons (Fsp3) is 0.131. The third-order valence-electron chi connectivity index (χ3n) is 32.9. The summed E-state index contributed by atoms with van der Waals surface area (Å²) >= 11 is 0. The van der Waals surface area contributed by atoms with Crippen LogP contribution in [0.15, 0.2) is 382 Å². The third-order valence-corrected chi connectivity index (χ3v) is 34.9. The number of para-hydroxylation sites is 3. The van der Waals surface area contributed by atoms with Crippen LogP contribution >= 0.6 is 0 Å². The second kappa shape index (κ2) is 31.4. The van der Waals surface area contributed by atoms with Gasteiger partial charge >= 0.3 is 6.18 Å². The number of anilines is 3. The molecule has 5 aromatic heterocycles. The summed E-state index contributed by atoms with van der Waals surface area (Å²) in [7, 11) is -1.51. The van der Waals surface area contributed by atoms with Crippen molar-refractivity contribution >= 4 is 215 Å². The smallest absolute Gasteiger partial charge is 0.310 e. The van der Waals surface area contributed by atoms with Gasteiger partial charge < -0.3 is 23.2 Å². The van der Waals surface area contributed by atoms with Crippen LogP contribution in [0.2, 0.25) is 19.6 Å². The maximum absolute atomic E-state index is 13.8. The number of fused-ring (bicyclic) bond motifs is 24. The van der Waals surface area contributed by atoms with Gasteiger partial charge in [-0.1, -0.05) is 291 Å². The van der Waals surface area contributed by atoms with E-state index >= 15 is 0 Å². The largest absolute Gasteiger partial charge is 0.416 e. The van der Waals surface area contributed by atoms with Crippen molar-refractivity contribution < 1.29 is 13.2 Å². The van der Waals surface area contributed by atoms with Gasteiger partial charge in [-0.25, -0.2) is 0 Å². The molecular weight excluding hydrogens is 1810 g/mol. The zero-order chi connectivity index (χ0) is 100.0. The molecule has 147 heavy (non-hydrogen) atoms. The van der Waals surface area contributed by atoms with Gasteiger partial charge in [0.15, 0.2) is 0 Å². The monoisotopic (exact) mass is 1920 g/mol. The van der Waals surface area contributed by atoms with Crippen LogP contribution in [-0.2, 0) is 22.4 Å². The van der Waals surface area contributed by atoms with Crippen LogP contribution in [0, 0.1) is 27.7 Å². The SMILES string of the molecule is CC1(C)c2cc(N(c3ccccc3)c3ccccc3)ccc2-c2c1cc1ccc3c4c(ccc2c14)cc1c3c2ccccc2n1-c1cccc([Si](C)(C)C)c1.Cc1cc(C)cc(-n2c3cc(C(C)(C)C)ccc3c3c4ccc5cc6c(c7ccc(cc32)c4c57)-c2ccccc2C6(C)C)c1.Cc1cccc(-n2c3ccc(C)cc3c3c4ccc5cc6c(c7ccc(cc32)c4c57)c2ncccc2n6-c2cccc(C(F)(F)F)c2)c1. The van der Waals surface area contributed by atoms with E-state index in [1.165, 1.54) is 236 Å². The summed E-state index contributed by atoms with van der Waals surface area (Å²) in [5.74, 6) is 0. The fourth-order valence-electron chi connectivity index (χ4n) is 26.2. The molecule has 5 heterocycles. The summed E-state index contributed by atoms with van der Waals surface area (Å²) in [5, 5.41) is 33.0. The Labute approximate surface area is 851 Å². The van der Waals surface area contributed by atoms with E-state index < -0.39 is 19.8 Å². The summed E-state index contributed by atoms with van der Waals surface area (Å²) in [6.45, 7) is 32.5. The van der Waals surface area contributed by atoms with Gasteiger partial charge in [0, 0.05) is 94.5 Å². The van der Waals surface area contributed by atoms with Gasteiger partial charge in [-0.3, -0.25) is 4.98 Å². The van der Waals surface area contributed by atoms with Gasteiger partial charge in [-0.2, -0.15) is 13.2 Å². The van der Waals surface area contributed by atoms with E-state index in [4.69, 9.17) is 4.98 Å². The Kier molecular flexibility index (Phi) is 18.8. The zero-order valence-electron chi connectivity index (χ0n) is 84.7. The quantitative estimate of drug-likeness (QED) is 0.112. The lowest BCUT2D eigenvalue weighted by atomic mass is 9.80. The minimum atomic E-state index is -4.45. The number of aromatic nitrogens is 5. The van der Waals surface area contributed by atoms with Gasteiger partial charge in [-0.15, -0.1) is 0 Å². The number of pyridine rings is 1. The van der Waals surface area contributed by atoms with Crippen molar-refractivity contribution in [2.24, 2.45) is 0 Å². The molecule has 28 aromatic rings. The van der Waals surface area contributed by atoms with Crippen molar-refractivity contribution in [1.29, 1.82) is 0 Å². The average Bonchev–Trinajstić information content (AvgIpc) is 1.56. The lowest BCUT2D eigenvalue weighted by Crippen LogP contribution is -2.37. The topological polar surface area (TPSA) is 35.9 Å². The Hall–Kier alpha value is -16.7. The van der Waals surface area contributed by atoms with E-state index in [1.807, 2.05) is 16.7 Å². The highest BCUT2D eigenvalue weighted by Crippen LogP contribution is 2.59. The summed E-state index contributed by atoms with van der Waals surface area (Å²) in [6, 6.07) is 137. The first kappa shape index (κ1) is 88.1. The Morgan fingerprint density at radius 2 is 0.701 bits per heavy atom. The molecule has 0 saturated carbocycles. The van der Waals surface area contributed by atoms with Crippen molar-refractivity contribution in [3.63, 3.8) is 0 Å². The fourth-order valence-corrected chi connectivity index (χ4v) is 27.4. The summed E-state index contributed by atoms with van der Waals surface area (Å²) in [5.41, 5.74) is 34.0. The molecule has 0 amide bonds. The van der Waals surface area contributed by atoms with Crippen LogP contribution in [0.3, 0.4) is 0 Å². The second-order valence-electron chi connectivity index (χ2n) is 44.7. The molecule has 0 fully saturated rings. The molecule has 0 atom stereocenters. The summed E-state index contributed by atoms with van der Waals surface area (Å²) < 4.78 is 50.8. The molecule has 0 N–H and O–H groups in total. The molecule has 0 bridgehead atoms. The van der Waals surface area contributed by atoms with Crippen LogP contribution in [-0.4, -0.2) is 31.3 Å². The van der Waals surface area contributed by atoms with Gasteiger partial charge in [0.1, 0.15) is 0 Å². The predicted molar refractivity (Wildman–Crippen MR) is 621 cm³/mol. The van der Waals surface area contributed by atoms with E-state index in [0.717, 1.165) is 77.6 Å². The number of alkyl halides is 3. The third kappa shape index (κ3) is 13.0. The first-order chi connectivity index (χ1) is 71.0. The number of benzene rings is 23. The molecule has 2 aliphatic carbocycles.